The zero-order chi connectivity index (χ0) is 54.6. The van der Waals surface area contributed by atoms with Crippen molar-refractivity contribution in [1.82, 2.24) is 0 Å². The van der Waals surface area contributed by atoms with Crippen LogP contribution in [0, 0.1) is 64.2 Å². The Morgan fingerprint density at radius 1 is 0.391 bits per heavy atom. The van der Waals surface area contributed by atoms with Crippen molar-refractivity contribution in [1.29, 1.82) is 10.5 Å². The van der Waals surface area contributed by atoms with Crippen molar-refractivity contribution in [3.05, 3.63) is 193 Å². The highest BCUT2D eigenvalue weighted by Crippen LogP contribution is 2.24. The lowest BCUT2D eigenvalue weighted by molar-refractivity contribution is 0.111. The van der Waals surface area contributed by atoms with Crippen LogP contribution < -0.4 is 0 Å². The number of rotatable bonds is 9. The van der Waals surface area contributed by atoms with Gasteiger partial charge in [-0.2, -0.15) is 10.5 Å². The van der Waals surface area contributed by atoms with Gasteiger partial charge >= 0.3 is 0 Å². The summed E-state index contributed by atoms with van der Waals surface area (Å²) >= 11 is 0. The number of aromatic hydroxyl groups is 3. The molecule has 0 radical (unpaired) electrons. The first kappa shape index (κ1) is 58.6. The van der Waals surface area contributed by atoms with Crippen LogP contribution in [0.25, 0.3) is 0 Å². The van der Waals surface area contributed by atoms with E-state index in [1.165, 1.54) is 61.4 Å². The Morgan fingerprint density at radius 3 is 1.01 bits per heavy atom. The fourth-order valence-corrected chi connectivity index (χ4v) is 4.90. The summed E-state index contributed by atoms with van der Waals surface area (Å²) in [5.41, 5.74) is 11.4. The van der Waals surface area contributed by atoms with E-state index in [1.54, 1.807) is 54.6 Å². The van der Waals surface area contributed by atoms with Crippen molar-refractivity contribution in [3.8, 4) is 29.4 Å². The predicted octanol–water partition coefficient (Wildman–Crippen LogP) is 9.50. The van der Waals surface area contributed by atoms with Crippen LogP contribution in [0.2, 0.25) is 0 Å². The number of aliphatic hydroxyl groups is 3. The fourth-order valence-electron chi connectivity index (χ4n) is 4.90. The SMILES string of the molecule is CC#N.CC#N.Cc1ccc(C=O)cc1C.Cc1ccc(C=O)cc1CO.O=Cc1ccc(O)c(CO)c1.O=Cc1ccc(O)c(O)c1.[2H]C(=O)c1ccc(C)c(C)c1.[2H]C(=O)c1ccc(C)c(CO)c1. The molecule has 0 unspecified atom stereocenters. The maximum atomic E-state index is 10.6. The molecule has 362 valence electrons. The number of benzene rings is 6. The highest BCUT2D eigenvalue weighted by Gasteiger charge is 2.01. The number of nitrogens with zero attached hydrogens (tertiary/aromatic N) is 2. The molecule has 0 saturated carbocycles. The lowest BCUT2D eigenvalue weighted by Gasteiger charge is -2.01. The van der Waals surface area contributed by atoms with Crippen LogP contribution in [-0.2, 0) is 19.8 Å². The van der Waals surface area contributed by atoms with Gasteiger partial charge in [-0.15, -0.1) is 0 Å². The molecule has 69 heavy (non-hydrogen) atoms. The van der Waals surface area contributed by atoms with Crippen molar-refractivity contribution >= 4 is 37.7 Å². The van der Waals surface area contributed by atoms with Crippen molar-refractivity contribution in [2.45, 2.75) is 75.2 Å². The van der Waals surface area contributed by atoms with Gasteiger partial charge in [0, 0.05) is 52.8 Å². The van der Waals surface area contributed by atoms with Crippen molar-refractivity contribution in [3.63, 3.8) is 0 Å². The lowest BCUT2D eigenvalue weighted by Crippen LogP contribution is -1.90. The monoisotopic (exact) mass is 942 g/mol. The van der Waals surface area contributed by atoms with Gasteiger partial charge in [-0.3, -0.25) is 28.8 Å². The number of nitriles is 2. The first-order chi connectivity index (χ1) is 33.6. The molecule has 14 nitrogen and oxygen atoms in total. The second-order valence-electron chi connectivity index (χ2n) is 14.2. The normalized spacial score (nSPS) is 9.29. The van der Waals surface area contributed by atoms with Crippen LogP contribution in [0.1, 0.15) is 129 Å². The molecule has 6 aromatic carbocycles. The van der Waals surface area contributed by atoms with E-state index in [2.05, 4.69) is 0 Å². The first-order valence-electron chi connectivity index (χ1n) is 21.6. The molecule has 14 heteroatoms. The molecule has 0 aliphatic carbocycles. The third kappa shape index (κ3) is 25.8. The minimum atomic E-state index is -0.718. The van der Waals surface area contributed by atoms with Crippen LogP contribution in [0.4, 0.5) is 0 Å². The highest BCUT2D eigenvalue weighted by molar-refractivity contribution is 5.78. The summed E-state index contributed by atoms with van der Waals surface area (Å²) in [5.74, 6) is -0.478. The number of aryl methyl sites for hydroxylation is 6. The molecule has 6 aromatic rings. The van der Waals surface area contributed by atoms with Gasteiger partial charge in [0.15, 0.2) is 11.5 Å². The van der Waals surface area contributed by atoms with Crippen LogP contribution in [0.5, 0.6) is 17.2 Å². The Morgan fingerprint density at radius 2 is 0.667 bits per heavy atom. The molecular formula is C55H60N2O12. The van der Waals surface area contributed by atoms with E-state index in [1.807, 2.05) is 71.9 Å². The van der Waals surface area contributed by atoms with Gasteiger partial charge in [0.2, 0.25) is 0 Å². The summed E-state index contributed by atoms with van der Waals surface area (Å²) in [6.07, 6.45) is 1.57. The maximum Gasteiger partial charge on any atom is 0.158 e. The second kappa shape index (κ2) is 36.8. The number of aliphatic hydroxyl groups excluding tert-OH is 3. The summed E-state index contributed by atoms with van der Waals surface area (Å²) in [5, 5.41) is 67.6. The van der Waals surface area contributed by atoms with Crippen LogP contribution in [-0.4, -0.2) is 68.3 Å². The third-order valence-electron chi connectivity index (χ3n) is 9.15. The van der Waals surface area contributed by atoms with Gasteiger partial charge in [-0.05, 0) is 147 Å². The molecule has 0 bridgehead atoms. The summed E-state index contributed by atoms with van der Waals surface area (Å²) in [6, 6.07) is 32.8. The number of carbonyl (C=O) groups excluding carboxylic acids is 6. The molecule has 0 aromatic heterocycles. The summed E-state index contributed by atoms with van der Waals surface area (Å²) in [6.45, 7) is 14.2. The van der Waals surface area contributed by atoms with Crippen LogP contribution >= 0.6 is 0 Å². The van der Waals surface area contributed by atoms with E-state index in [4.69, 9.17) is 43.9 Å². The largest absolute Gasteiger partial charge is 0.508 e. The minimum absolute atomic E-state index is 0.00644. The zero-order valence-corrected chi connectivity index (χ0v) is 39.9. The Bertz CT molecular complexity index is 2640. The van der Waals surface area contributed by atoms with Crippen molar-refractivity contribution < 1.29 is 62.1 Å². The van der Waals surface area contributed by atoms with Gasteiger partial charge in [-0.1, -0.05) is 48.5 Å². The van der Waals surface area contributed by atoms with E-state index < -0.39 is 12.5 Å². The van der Waals surface area contributed by atoms with Gasteiger partial charge in [0.25, 0.3) is 0 Å². The van der Waals surface area contributed by atoms with Crippen LogP contribution in [0.15, 0.2) is 109 Å². The average molecular weight is 943 g/mol. The second-order valence-corrected chi connectivity index (χ2v) is 14.2. The molecule has 0 heterocycles. The van der Waals surface area contributed by atoms with Gasteiger partial charge in [-0.25, -0.2) is 0 Å². The van der Waals surface area contributed by atoms with Crippen molar-refractivity contribution in [2.24, 2.45) is 0 Å². The molecule has 0 aliphatic rings. The van der Waals surface area contributed by atoms with E-state index in [9.17, 15) is 28.8 Å². The molecule has 0 fully saturated rings. The Labute approximate surface area is 406 Å². The summed E-state index contributed by atoms with van der Waals surface area (Å²) < 4.78 is 13.7. The van der Waals surface area contributed by atoms with Gasteiger partial charge in [0.05, 0.1) is 32.0 Å². The summed E-state index contributed by atoms with van der Waals surface area (Å²) in [7, 11) is 0. The lowest BCUT2D eigenvalue weighted by atomic mass is 10.1. The molecule has 6 rings (SSSR count). The quantitative estimate of drug-likeness (QED) is 0.0582. The Kier molecular flexibility index (Phi) is 31.2. The molecule has 6 N–H and O–H groups in total. The van der Waals surface area contributed by atoms with E-state index in [0.29, 0.717) is 51.5 Å². The Hall–Kier alpha value is -8.40. The standard InChI is InChI=1S/2C9H10O2.2C9H10O.C8H8O3.C7H6O3.2C2H3N/c2*1-7-2-3-8(5-10)4-9(7)6-11;2*1-7-3-4-9(6-10)5-8(7)2;9-4-6-1-2-8(11)7(3-6)5-10;8-4-5-1-2-6(9)7(10)3-5;2*1-2-3/h2*2-5,11H,6H2,1H3;2*3-6H,1-2H3;1-4,10-11H,5H2;1-4,9-10H;2*1H3/i5D;;6D;;;;;. The molecule has 0 saturated heterocycles. The van der Waals surface area contributed by atoms with Crippen molar-refractivity contribution in [2.75, 3.05) is 0 Å². The highest BCUT2D eigenvalue weighted by atomic mass is 16.3. The molecule has 0 atom stereocenters. The van der Waals surface area contributed by atoms with E-state index in [0.717, 1.165) is 46.0 Å². The Balaban J connectivity index is 0. The number of aldehydes is 6. The minimum Gasteiger partial charge on any atom is -0.508 e. The summed E-state index contributed by atoms with van der Waals surface area (Å²) in [4.78, 5) is 62.1. The average Bonchev–Trinajstić information content (AvgIpc) is 3.36. The zero-order valence-electron chi connectivity index (χ0n) is 41.9. The molecule has 0 amide bonds. The molecule has 0 spiro atoms. The van der Waals surface area contributed by atoms with E-state index >= 15 is 0 Å². The first-order valence-corrected chi connectivity index (χ1v) is 20.6. The number of phenolic OH excluding ortho intramolecular Hbond substituents is 2. The third-order valence-corrected chi connectivity index (χ3v) is 9.15. The maximum absolute atomic E-state index is 10.6. The number of hydrogen-bond acceptors (Lipinski definition) is 14. The van der Waals surface area contributed by atoms with E-state index in [-0.39, 0.29) is 37.1 Å². The van der Waals surface area contributed by atoms with Gasteiger partial charge in [0.1, 0.15) is 46.2 Å². The molecular weight excluding hydrogens is 881 g/mol. The fraction of sp³-hybridized carbons (Fsp3) is 0.200. The number of phenols is 3. The van der Waals surface area contributed by atoms with Crippen LogP contribution in [0.3, 0.4) is 0 Å². The molecule has 0 aliphatic heterocycles. The number of carbonyl (C=O) groups is 6. The predicted molar refractivity (Wildman–Crippen MR) is 265 cm³/mol. The number of hydrogen-bond donors (Lipinski definition) is 6. The van der Waals surface area contributed by atoms with Gasteiger partial charge < -0.3 is 30.6 Å². The topological polar surface area (TPSA) is 271 Å². The smallest absolute Gasteiger partial charge is 0.158 e.